The van der Waals surface area contributed by atoms with Gasteiger partial charge in [0.05, 0.1) is 0 Å². The second kappa shape index (κ2) is 5.20. The molecule has 4 nitrogen and oxygen atoms in total. The van der Waals surface area contributed by atoms with Gasteiger partial charge in [0.15, 0.2) is 0 Å². The predicted octanol–water partition coefficient (Wildman–Crippen LogP) is -0.907. The molecule has 0 aromatic rings. The predicted molar refractivity (Wildman–Crippen MR) is 53.6 cm³/mol. The fraction of sp³-hybridized carbons (Fsp3) is 0.778. The van der Waals surface area contributed by atoms with Crippen LogP contribution in [0.15, 0.2) is 0 Å². The zero-order chi connectivity index (χ0) is 9.68. The average Bonchev–Trinajstić information content (AvgIpc) is 2.66. The van der Waals surface area contributed by atoms with Gasteiger partial charge >= 0.3 is 0 Å². The molecule has 0 radical (unpaired) electrons. The maximum Gasteiger partial charge on any atom is 0.120 e. The van der Waals surface area contributed by atoms with Crippen molar-refractivity contribution in [3.8, 4) is 12.3 Å². The van der Waals surface area contributed by atoms with Gasteiger partial charge in [0, 0.05) is 13.1 Å². The minimum atomic E-state index is -0.377. The van der Waals surface area contributed by atoms with Gasteiger partial charge in [-0.25, -0.2) is 0 Å². The Hall–Kier alpha value is -0.600. The summed E-state index contributed by atoms with van der Waals surface area (Å²) in [5.74, 6) is 2.45. The number of likely N-dealkylation sites (tertiary alicyclic amines) is 1. The van der Waals surface area contributed by atoms with Crippen LogP contribution in [-0.2, 0) is 0 Å². The van der Waals surface area contributed by atoms with E-state index >= 15 is 0 Å². The van der Waals surface area contributed by atoms with Gasteiger partial charge in [-0.15, -0.1) is 6.42 Å². The van der Waals surface area contributed by atoms with Crippen LogP contribution in [0, 0.1) is 12.3 Å². The van der Waals surface area contributed by atoms with E-state index in [0.717, 1.165) is 13.1 Å². The Kier molecular flexibility index (Phi) is 4.19. The van der Waals surface area contributed by atoms with Crippen molar-refractivity contribution in [3.05, 3.63) is 0 Å². The van der Waals surface area contributed by atoms with E-state index < -0.39 is 0 Å². The SMILES string of the molecule is C#CC(N)NC(NC)N1CCCC1. The molecule has 1 aliphatic rings. The number of hydrogen-bond acceptors (Lipinski definition) is 4. The maximum absolute atomic E-state index is 5.60. The zero-order valence-electron chi connectivity index (χ0n) is 8.09. The summed E-state index contributed by atoms with van der Waals surface area (Å²) in [6, 6.07) is 0. The number of hydrogen-bond donors (Lipinski definition) is 3. The Bertz CT molecular complexity index is 181. The Morgan fingerprint density at radius 3 is 2.54 bits per heavy atom. The molecule has 0 bridgehead atoms. The highest BCUT2D eigenvalue weighted by Crippen LogP contribution is 2.08. The lowest BCUT2D eigenvalue weighted by Crippen LogP contribution is -2.57. The summed E-state index contributed by atoms with van der Waals surface area (Å²) < 4.78 is 0. The first-order valence-corrected chi connectivity index (χ1v) is 4.67. The summed E-state index contributed by atoms with van der Waals surface area (Å²) in [5, 5.41) is 6.26. The molecular formula is C9H18N4. The highest BCUT2D eigenvalue weighted by Gasteiger charge is 2.20. The van der Waals surface area contributed by atoms with E-state index in [2.05, 4.69) is 21.5 Å². The summed E-state index contributed by atoms with van der Waals surface area (Å²) in [7, 11) is 1.90. The lowest BCUT2D eigenvalue weighted by molar-refractivity contribution is 0.169. The fourth-order valence-electron chi connectivity index (χ4n) is 1.59. The van der Waals surface area contributed by atoms with Gasteiger partial charge in [0.2, 0.25) is 0 Å². The Morgan fingerprint density at radius 1 is 1.46 bits per heavy atom. The van der Waals surface area contributed by atoms with Crippen molar-refractivity contribution < 1.29 is 0 Å². The molecule has 2 unspecified atom stereocenters. The molecule has 2 atom stereocenters. The smallest absolute Gasteiger partial charge is 0.120 e. The first-order chi connectivity index (χ1) is 6.27. The van der Waals surface area contributed by atoms with Crippen molar-refractivity contribution in [1.29, 1.82) is 0 Å². The first-order valence-electron chi connectivity index (χ1n) is 4.67. The van der Waals surface area contributed by atoms with Crippen LogP contribution < -0.4 is 16.4 Å². The fourth-order valence-corrected chi connectivity index (χ4v) is 1.59. The summed E-state index contributed by atoms with van der Waals surface area (Å²) in [6.45, 7) is 2.21. The Morgan fingerprint density at radius 2 is 2.08 bits per heavy atom. The number of rotatable bonds is 4. The lowest BCUT2D eigenvalue weighted by Gasteiger charge is -2.29. The highest BCUT2D eigenvalue weighted by atomic mass is 15.4. The van der Waals surface area contributed by atoms with Crippen molar-refractivity contribution >= 4 is 0 Å². The van der Waals surface area contributed by atoms with E-state index in [4.69, 9.17) is 12.2 Å². The molecule has 0 saturated carbocycles. The van der Waals surface area contributed by atoms with Crippen molar-refractivity contribution in [3.63, 3.8) is 0 Å². The van der Waals surface area contributed by atoms with Crippen LogP contribution in [0.3, 0.4) is 0 Å². The molecule has 1 heterocycles. The Labute approximate surface area is 79.9 Å². The van der Waals surface area contributed by atoms with Crippen molar-refractivity contribution in [1.82, 2.24) is 15.5 Å². The minimum absolute atomic E-state index is 0.105. The van der Waals surface area contributed by atoms with Crippen molar-refractivity contribution in [2.45, 2.75) is 25.3 Å². The summed E-state index contributed by atoms with van der Waals surface area (Å²) in [4.78, 5) is 2.30. The third-order valence-electron chi connectivity index (χ3n) is 2.30. The lowest BCUT2D eigenvalue weighted by atomic mass is 10.4. The molecule has 1 saturated heterocycles. The van der Waals surface area contributed by atoms with Crippen LogP contribution in [0.25, 0.3) is 0 Å². The van der Waals surface area contributed by atoms with Gasteiger partial charge in [-0.05, 0) is 19.9 Å². The molecule has 0 aromatic carbocycles. The van der Waals surface area contributed by atoms with Gasteiger partial charge in [-0.3, -0.25) is 15.5 Å². The molecule has 1 fully saturated rings. The van der Waals surface area contributed by atoms with E-state index in [9.17, 15) is 0 Å². The van der Waals surface area contributed by atoms with Crippen LogP contribution in [-0.4, -0.2) is 37.5 Å². The minimum Gasteiger partial charge on any atom is -0.306 e. The maximum atomic E-state index is 5.60. The quantitative estimate of drug-likeness (QED) is 0.389. The van der Waals surface area contributed by atoms with Gasteiger partial charge < -0.3 is 5.73 Å². The number of nitrogens with two attached hydrogens (primary N) is 1. The summed E-state index contributed by atoms with van der Waals surface area (Å²) in [5.41, 5.74) is 5.60. The molecule has 1 rings (SSSR count). The molecular weight excluding hydrogens is 164 g/mol. The molecule has 0 amide bonds. The molecule has 0 aromatic heterocycles. The number of nitrogens with one attached hydrogen (secondary N) is 2. The molecule has 74 valence electrons. The Balaban J connectivity index is 2.38. The van der Waals surface area contributed by atoms with Gasteiger partial charge in [0.25, 0.3) is 0 Å². The second-order valence-corrected chi connectivity index (χ2v) is 3.25. The number of terminal acetylenes is 1. The summed E-state index contributed by atoms with van der Waals surface area (Å²) in [6.07, 6.45) is 7.43. The van der Waals surface area contributed by atoms with E-state index in [1.807, 2.05) is 7.05 Å². The standard InChI is InChI=1S/C9H18N4/c1-3-8(10)12-9(11-2)13-6-4-5-7-13/h1,8-9,11-12H,4-7,10H2,2H3. The first kappa shape index (κ1) is 10.5. The van der Waals surface area contributed by atoms with Gasteiger partial charge in [-0.2, -0.15) is 0 Å². The zero-order valence-corrected chi connectivity index (χ0v) is 8.09. The number of nitrogens with zero attached hydrogens (tertiary/aromatic N) is 1. The van der Waals surface area contributed by atoms with Gasteiger partial charge in [-0.1, -0.05) is 5.92 Å². The van der Waals surface area contributed by atoms with Crippen LogP contribution in [0.1, 0.15) is 12.8 Å². The van der Waals surface area contributed by atoms with E-state index in [0.29, 0.717) is 0 Å². The molecule has 13 heavy (non-hydrogen) atoms. The average molecular weight is 182 g/mol. The highest BCUT2D eigenvalue weighted by molar-refractivity contribution is 4.95. The van der Waals surface area contributed by atoms with Gasteiger partial charge in [0.1, 0.15) is 12.5 Å². The van der Waals surface area contributed by atoms with Crippen LogP contribution in [0.5, 0.6) is 0 Å². The third kappa shape index (κ3) is 2.98. The van der Waals surface area contributed by atoms with E-state index in [1.54, 1.807) is 0 Å². The van der Waals surface area contributed by atoms with Crippen LogP contribution >= 0.6 is 0 Å². The molecule has 0 spiro atoms. The molecule has 4 heteroatoms. The van der Waals surface area contributed by atoms with E-state index in [-0.39, 0.29) is 12.5 Å². The van der Waals surface area contributed by atoms with E-state index in [1.165, 1.54) is 12.8 Å². The normalized spacial score (nSPS) is 22.5. The summed E-state index contributed by atoms with van der Waals surface area (Å²) >= 11 is 0. The molecule has 1 aliphatic heterocycles. The molecule has 4 N–H and O–H groups in total. The van der Waals surface area contributed by atoms with Crippen molar-refractivity contribution in [2.75, 3.05) is 20.1 Å². The molecule has 0 aliphatic carbocycles. The monoisotopic (exact) mass is 182 g/mol. The topological polar surface area (TPSA) is 53.3 Å². The van der Waals surface area contributed by atoms with Crippen LogP contribution in [0.4, 0.5) is 0 Å². The second-order valence-electron chi connectivity index (χ2n) is 3.25. The third-order valence-corrected chi connectivity index (χ3v) is 2.30. The van der Waals surface area contributed by atoms with Crippen molar-refractivity contribution in [2.24, 2.45) is 5.73 Å². The largest absolute Gasteiger partial charge is 0.306 e. The van der Waals surface area contributed by atoms with Crippen LogP contribution in [0.2, 0.25) is 0 Å².